The number of hydrogen-bond donors (Lipinski definition) is 1. The maximum absolute atomic E-state index is 13.2. The maximum Gasteiger partial charge on any atom is 0.433 e. The Morgan fingerprint density at radius 1 is 0.857 bits per heavy atom. The van der Waals surface area contributed by atoms with Crippen molar-refractivity contribution >= 4 is 11.6 Å². The first kappa shape index (κ1) is 23.8. The molecular formula is C21H13F6N7O. The molecule has 0 bridgehead atoms. The van der Waals surface area contributed by atoms with Crippen molar-refractivity contribution in [2.45, 2.75) is 19.3 Å². The summed E-state index contributed by atoms with van der Waals surface area (Å²) in [6, 6.07) is 7.73. The van der Waals surface area contributed by atoms with Crippen molar-refractivity contribution in [3.63, 3.8) is 0 Å². The van der Waals surface area contributed by atoms with Crippen LogP contribution < -0.4 is 10.9 Å². The number of hydrogen-bond acceptors (Lipinski definition) is 7. The number of halogens is 6. The molecule has 4 aromatic heterocycles. The van der Waals surface area contributed by atoms with Crippen molar-refractivity contribution in [2.75, 3.05) is 5.32 Å². The van der Waals surface area contributed by atoms with Crippen LogP contribution in [0.1, 0.15) is 17.0 Å². The molecule has 4 heterocycles. The lowest BCUT2D eigenvalue weighted by Gasteiger charge is -2.12. The summed E-state index contributed by atoms with van der Waals surface area (Å²) in [5.74, 6) is -0.963. The Morgan fingerprint density at radius 2 is 1.60 bits per heavy atom. The van der Waals surface area contributed by atoms with Crippen LogP contribution in [0, 0.1) is 6.92 Å². The van der Waals surface area contributed by atoms with Crippen molar-refractivity contribution in [2.24, 2.45) is 0 Å². The van der Waals surface area contributed by atoms with Gasteiger partial charge in [0.1, 0.15) is 17.1 Å². The molecule has 4 aromatic rings. The van der Waals surface area contributed by atoms with Crippen LogP contribution in [-0.4, -0.2) is 29.5 Å². The van der Waals surface area contributed by atoms with Crippen LogP contribution in [0.3, 0.4) is 0 Å². The number of nitrogens with one attached hydrogen (secondary N) is 1. The van der Waals surface area contributed by atoms with Gasteiger partial charge in [0.25, 0.3) is 5.56 Å². The fraction of sp³-hybridized carbons (Fsp3) is 0.143. The van der Waals surface area contributed by atoms with Crippen molar-refractivity contribution in [3.8, 4) is 17.5 Å². The zero-order chi connectivity index (χ0) is 25.4. The van der Waals surface area contributed by atoms with Gasteiger partial charge in [-0.2, -0.15) is 41.3 Å². The molecule has 0 saturated heterocycles. The second-order valence-electron chi connectivity index (χ2n) is 7.16. The summed E-state index contributed by atoms with van der Waals surface area (Å²) in [6.45, 7) is 1.68. The summed E-state index contributed by atoms with van der Waals surface area (Å²) < 4.78 is 79.6. The van der Waals surface area contributed by atoms with Crippen LogP contribution in [0.4, 0.5) is 38.0 Å². The van der Waals surface area contributed by atoms with Crippen LogP contribution in [0.5, 0.6) is 0 Å². The van der Waals surface area contributed by atoms with E-state index >= 15 is 0 Å². The molecule has 0 atom stereocenters. The van der Waals surface area contributed by atoms with Crippen molar-refractivity contribution < 1.29 is 26.3 Å². The lowest BCUT2D eigenvalue weighted by molar-refractivity contribution is -0.141. The first-order valence-corrected chi connectivity index (χ1v) is 9.71. The highest BCUT2D eigenvalue weighted by atomic mass is 19.4. The molecule has 1 N–H and O–H groups in total. The Balaban J connectivity index is 1.86. The highest BCUT2D eigenvalue weighted by molar-refractivity contribution is 5.58. The van der Waals surface area contributed by atoms with E-state index in [2.05, 4.69) is 30.2 Å². The molecule has 0 aliphatic rings. The predicted molar refractivity (Wildman–Crippen MR) is 111 cm³/mol. The number of rotatable bonds is 4. The molecule has 0 radical (unpaired) electrons. The Morgan fingerprint density at radius 3 is 2.31 bits per heavy atom. The van der Waals surface area contributed by atoms with Gasteiger partial charge in [-0.15, -0.1) is 0 Å². The second-order valence-corrected chi connectivity index (χ2v) is 7.16. The van der Waals surface area contributed by atoms with Crippen LogP contribution in [0.15, 0.2) is 59.7 Å². The van der Waals surface area contributed by atoms with Gasteiger partial charge in [-0.25, -0.2) is 4.98 Å². The summed E-state index contributed by atoms with van der Waals surface area (Å²) in [5, 5.41) is 2.55. The smallest absolute Gasteiger partial charge is 0.324 e. The van der Waals surface area contributed by atoms with E-state index in [9.17, 15) is 31.1 Å². The third kappa shape index (κ3) is 5.42. The molecule has 0 fully saturated rings. The number of aromatic nitrogens is 6. The van der Waals surface area contributed by atoms with E-state index in [1.54, 1.807) is 6.92 Å². The quantitative estimate of drug-likeness (QED) is 0.416. The number of alkyl halides is 6. The maximum atomic E-state index is 13.2. The average molecular weight is 493 g/mol. The molecule has 4 rings (SSSR count). The number of anilines is 2. The topological polar surface area (TPSA) is 98.5 Å². The molecule has 0 amide bonds. The predicted octanol–water partition coefficient (Wildman–Crippen LogP) is 4.57. The lowest BCUT2D eigenvalue weighted by atomic mass is 10.3. The molecule has 0 aliphatic heterocycles. The van der Waals surface area contributed by atoms with E-state index in [1.807, 2.05) is 0 Å². The van der Waals surface area contributed by atoms with Gasteiger partial charge in [0.05, 0.1) is 0 Å². The largest absolute Gasteiger partial charge is 0.433 e. The molecule has 0 aromatic carbocycles. The minimum absolute atomic E-state index is 0.107. The summed E-state index contributed by atoms with van der Waals surface area (Å²) in [6.07, 6.45) is -7.16. The highest BCUT2D eigenvalue weighted by Gasteiger charge is 2.33. The van der Waals surface area contributed by atoms with E-state index in [-0.39, 0.29) is 29.1 Å². The molecule has 0 spiro atoms. The van der Waals surface area contributed by atoms with E-state index in [0.717, 1.165) is 22.9 Å². The molecule has 35 heavy (non-hydrogen) atoms. The SMILES string of the molecule is Cc1ccc(=O)n(-c2nc(Nc3ccnc(C(F)(F)F)c3)nc(-c3cccc(C(F)(F)F)n3)n2)c1. The minimum atomic E-state index is -4.74. The average Bonchev–Trinajstić information content (AvgIpc) is 2.79. The Labute approximate surface area is 192 Å². The monoisotopic (exact) mass is 493 g/mol. The summed E-state index contributed by atoms with van der Waals surface area (Å²) in [4.78, 5) is 31.3. The lowest BCUT2D eigenvalue weighted by Crippen LogP contribution is -2.20. The van der Waals surface area contributed by atoms with Gasteiger partial charge >= 0.3 is 12.4 Å². The zero-order valence-electron chi connectivity index (χ0n) is 17.6. The van der Waals surface area contributed by atoms with Gasteiger partial charge in [0.2, 0.25) is 11.9 Å². The van der Waals surface area contributed by atoms with Gasteiger partial charge in [-0.1, -0.05) is 12.1 Å². The van der Waals surface area contributed by atoms with Gasteiger partial charge in [-0.3, -0.25) is 14.3 Å². The third-order valence-corrected chi connectivity index (χ3v) is 4.47. The minimum Gasteiger partial charge on any atom is -0.324 e. The Bertz CT molecular complexity index is 1450. The van der Waals surface area contributed by atoms with Crippen molar-refractivity contribution in [1.82, 2.24) is 29.5 Å². The van der Waals surface area contributed by atoms with Crippen molar-refractivity contribution in [3.05, 3.63) is 82.2 Å². The van der Waals surface area contributed by atoms with Gasteiger partial charge in [0, 0.05) is 24.1 Å². The highest BCUT2D eigenvalue weighted by Crippen LogP contribution is 2.30. The first-order valence-electron chi connectivity index (χ1n) is 9.71. The summed E-state index contributed by atoms with van der Waals surface area (Å²) in [5.41, 5.74) is -2.71. The van der Waals surface area contributed by atoms with E-state index < -0.39 is 29.3 Å². The van der Waals surface area contributed by atoms with E-state index in [0.29, 0.717) is 11.6 Å². The first-order chi connectivity index (χ1) is 16.4. The van der Waals surface area contributed by atoms with Crippen LogP contribution in [-0.2, 0) is 12.4 Å². The van der Waals surface area contributed by atoms with Crippen LogP contribution >= 0.6 is 0 Å². The van der Waals surface area contributed by atoms with Crippen LogP contribution in [0.25, 0.3) is 17.5 Å². The third-order valence-electron chi connectivity index (χ3n) is 4.47. The summed E-state index contributed by atoms with van der Waals surface area (Å²) >= 11 is 0. The second kappa shape index (κ2) is 8.77. The molecule has 14 heteroatoms. The van der Waals surface area contributed by atoms with E-state index in [1.165, 1.54) is 30.5 Å². The Kier molecular flexibility index (Phi) is 5.96. The normalized spacial score (nSPS) is 12.0. The Hall–Kier alpha value is -4.36. The number of aryl methyl sites for hydroxylation is 1. The molecule has 0 saturated carbocycles. The molecule has 0 unspecified atom stereocenters. The van der Waals surface area contributed by atoms with Crippen LogP contribution in [0.2, 0.25) is 0 Å². The molecule has 180 valence electrons. The molecule has 8 nitrogen and oxygen atoms in total. The zero-order valence-corrected chi connectivity index (χ0v) is 17.6. The fourth-order valence-electron chi connectivity index (χ4n) is 2.90. The van der Waals surface area contributed by atoms with Gasteiger partial charge in [0.15, 0.2) is 5.82 Å². The molecule has 0 aliphatic carbocycles. The summed E-state index contributed by atoms with van der Waals surface area (Å²) in [7, 11) is 0. The standard InChI is InChI=1S/C21H13F6N7O/c1-11-5-6-16(35)34(10-11)19-32-17(13-3-2-4-14(30-13)20(22,23)24)31-18(33-19)29-12-7-8-28-15(9-12)21(25,26)27/h2-10H,1H3,(H,28,29,31,32,33). The van der Waals surface area contributed by atoms with Gasteiger partial charge in [-0.05, 0) is 36.8 Å². The van der Waals surface area contributed by atoms with Crippen molar-refractivity contribution in [1.29, 1.82) is 0 Å². The fourth-order valence-corrected chi connectivity index (χ4v) is 2.90. The number of pyridine rings is 3. The number of nitrogens with zero attached hydrogens (tertiary/aromatic N) is 6. The van der Waals surface area contributed by atoms with Gasteiger partial charge < -0.3 is 5.32 Å². The molecular weight excluding hydrogens is 480 g/mol. The van der Waals surface area contributed by atoms with E-state index in [4.69, 9.17) is 0 Å².